The van der Waals surface area contributed by atoms with E-state index < -0.39 is 0 Å². The van der Waals surface area contributed by atoms with Crippen LogP contribution in [-0.4, -0.2) is 15.0 Å². The van der Waals surface area contributed by atoms with E-state index >= 15 is 0 Å². The van der Waals surface area contributed by atoms with E-state index in [-0.39, 0.29) is 10.6 Å². The van der Waals surface area contributed by atoms with Crippen LogP contribution in [0.3, 0.4) is 0 Å². The van der Waals surface area contributed by atoms with Crippen LogP contribution in [0.1, 0.15) is 25.6 Å². The average molecular weight is 216 g/mol. The zero-order valence-corrected chi connectivity index (χ0v) is 8.52. The van der Waals surface area contributed by atoms with Crippen molar-refractivity contribution >= 4 is 23.2 Å². The van der Waals surface area contributed by atoms with Gasteiger partial charge in [0.15, 0.2) is 0 Å². The van der Waals surface area contributed by atoms with Crippen LogP contribution in [-0.2, 0) is 0 Å². The van der Waals surface area contributed by atoms with Gasteiger partial charge < -0.3 is 0 Å². The lowest BCUT2D eigenvalue weighted by molar-refractivity contribution is 0.979. The fraction of sp³-hybridized carbons (Fsp3) is 0.375. The highest BCUT2D eigenvalue weighted by Crippen LogP contribution is 2.05. The van der Waals surface area contributed by atoms with Crippen LogP contribution in [0.15, 0.2) is 0 Å². The summed E-state index contributed by atoms with van der Waals surface area (Å²) < 4.78 is 0. The first-order chi connectivity index (χ1) is 6.22. The van der Waals surface area contributed by atoms with Crippen LogP contribution < -0.4 is 0 Å². The van der Waals surface area contributed by atoms with Crippen LogP contribution >= 0.6 is 23.2 Å². The summed E-state index contributed by atoms with van der Waals surface area (Å²) in [4.78, 5) is 11.2. The molecule has 1 aromatic heterocycles. The molecule has 0 saturated heterocycles. The molecule has 13 heavy (non-hydrogen) atoms. The Labute approximate surface area is 86.5 Å². The number of rotatable bonds is 1. The monoisotopic (exact) mass is 215 g/mol. The van der Waals surface area contributed by atoms with Gasteiger partial charge in [-0.25, -0.2) is 0 Å². The Morgan fingerprint density at radius 1 is 1.15 bits per heavy atom. The number of unbranched alkanes of at least 4 members (excludes halogenated alkanes) is 1. The van der Waals surface area contributed by atoms with Gasteiger partial charge in [0, 0.05) is 6.42 Å². The minimum absolute atomic E-state index is 0.0702. The summed E-state index contributed by atoms with van der Waals surface area (Å²) in [6.07, 6.45) is 1.81. The third-order valence-corrected chi connectivity index (χ3v) is 1.49. The molecule has 0 atom stereocenters. The van der Waals surface area contributed by atoms with Crippen molar-refractivity contribution in [1.82, 2.24) is 15.0 Å². The number of halogens is 2. The van der Waals surface area contributed by atoms with E-state index in [9.17, 15) is 0 Å². The highest BCUT2D eigenvalue weighted by Gasteiger charge is 1.98. The predicted molar refractivity (Wildman–Crippen MR) is 51.6 cm³/mol. The molecule has 3 nitrogen and oxygen atoms in total. The normalized spacial score (nSPS) is 9.15. The first-order valence-electron chi connectivity index (χ1n) is 3.78. The molecule has 1 heterocycles. The molecule has 0 N–H and O–H groups in total. The van der Waals surface area contributed by atoms with Crippen LogP contribution in [0.5, 0.6) is 0 Å². The molecule has 1 aromatic rings. The van der Waals surface area contributed by atoms with Crippen molar-refractivity contribution < 1.29 is 0 Å². The van der Waals surface area contributed by atoms with Crippen LogP contribution in [0.4, 0.5) is 0 Å². The molecule has 0 aliphatic carbocycles. The molecular formula is C8H7Cl2N3. The Morgan fingerprint density at radius 2 is 1.77 bits per heavy atom. The molecule has 0 saturated carbocycles. The van der Waals surface area contributed by atoms with Crippen LogP contribution in [0, 0.1) is 11.8 Å². The maximum absolute atomic E-state index is 5.55. The fourth-order valence-corrected chi connectivity index (χ4v) is 1.01. The van der Waals surface area contributed by atoms with Crippen molar-refractivity contribution in [1.29, 1.82) is 0 Å². The van der Waals surface area contributed by atoms with Gasteiger partial charge in [0.1, 0.15) is 0 Å². The van der Waals surface area contributed by atoms with E-state index in [1.807, 2.05) is 6.92 Å². The van der Waals surface area contributed by atoms with Gasteiger partial charge in [0.2, 0.25) is 16.4 Å². The number of hydrogen-bond acceptors (Lipinski definition) is 3. The molecule has 0 aliphatic heterocycles. The minimum atomic E-state index is 0.0702. The molecule has 5 heteroatoms. The lowest BCUT2D eigenvalue weighted by Crippen LogP contribution is -1.93. The molecule has 0 aliphatic rings. The van der Waals surface area contributed by atoms with Gasteiger partial charge in [-0.3, -0.25) is 0 Å². The maximum Gasteiger partial charge on any atom is 0.227 e. The predicted octanol–water partition coefficient (Wildman–Crippen LogP) is 2.33. The molecule has 68 valence electrons. The van der Waals surface area contributed by atoms with Gasteiger partial charge in [0.05, 0.1) is 0 Å². The van der Waals surface area contributed by atoms with Crippen molar-refractivity contribution in [3.63, 3.8) is 0 Å². The van der Waals surface area contributed by atoms with Gasteiger partial charge in [0.25, 0.3) is 0 Å². The van der Waals surface area contributed by atoms with Crippen molar-refractivity contribution in [2.24, 2.45) is 0 Å². The third-order valence-electron chi connectivity index (χ3n) is 1.16. The molecule has 0 bridgehead atoms. The summed E-state index contributed by atoms with van der Waals surface area (Å²) in [5, 5.41) is 0.140. The first kappa shape index (κ1) is 10.2. The number of nitrogens with zero attached hydrogens (tertiary/aromatic N) is 3. The average Bonchev–Trinajstić information content (AvgIpc) is 2.03. The van der Waals surface area contributed by atoms with Gasteiger partial charge >= 0.3 is 0 Å². The van der Waals surface area contributed by atoms with E-state index in [0.717, 1.165) is 12.8 Å². The molecule has 0 spiro atoms. The molecule has 0 unspecified atom stereocenters. The van der Waals surface area contributed by atoms with Gasteiger partial charge in [-0.2, -0.15) is 15.0 Å². The lowest BCUT2D eigenvalue weighted by atomic mass is 10.3. The molecule has 0 amide bonds. The summed E-state index contributed by atoms with van der Waals surface area (Å²) in [5.74, 6) is 5.95. The second-order valence-corrected chi connectivity index (χ2v) is 2.92. The summed E-state index contributed by atoms with van der Waals surface area (Å²) in [6, 6.07) is 0. The molecule has 0 fully saturated rings. The second kappa shape index (κ2) is 5.00. The quantitative estimate of drug-likeness (QED) is 0.676. The van der Waals surface area contributed by atoms with E-state index in [2.05, 4.69) is 26.8 Å². The van der Waals surface area contributed by atoms with Crippen LogP contribution in [0.2, 0.25) is 10.6 Å². The van der Waals surface area contributed by atoms with Crippen molar-refractivity contribution in [2.45, 2.75) is 19.8 Å². The smallest absolute Gasteiger partial charge is 0.190 e. The highest BCUT2D eigenvalue weighted by molar-refractivity contribution is 6.31. The van der Waals surface area contributed by atoms with Crippen LogP contribution in [0.25, 0.3) is 0 Å². The molecule has 0 aromatic carbocycles. The second-order valence-electron chi connectivity index (χ2n) is 2.25. The SMILES string of the molecule is CCCC#Cc1nc(Cl)nc(Cl)n1. The third kappa shape index (κ3) is 3.58. The van der Waals surface area contributed by atoms with Crippen molar-refractivity contribution in [3.05, 3.63) is 16.4 Å². The molecule has 1 rings (SSSR count). The van der Waals surface area contributed by atoms with Gasteiger partial charge in [-0.15, -0.1) is 0 Å². The minimum Gasteiger partial charge on any atom is -0.190 e. The largest absolute Gasteiger partial charge is 0.227 e. The Bertz CT molecular complexity index is 334. The summed E-state index contributed by atoms with van der Waals surface area (Å²) in [5.41, 5.74) is 0. The van der Waals surface area contributed by atoms with Gasteiger partial charge in [-0.05, 0) is 35.5 Å². The van der Waals surface area contributed by atoms with Crippen molar-refractivity contribution in [3.8, 4) is 11.8 Å². The van der Waals surface area contributed by atoms with E-state index in [1.165, 1.54) is 0 Å². The standard InChI is InChI=1S/C8H7Cl2N3/c1-2-3-4-5-6-11-7(9)13-8(10)12-6/h2-3H2,1H3. The first-order valence-corrected chi connectivity index (χ1v) is 4.54. The topological polar surface area (TPSA) is 38.7 Å². The van der Waals surface area contributed by atoms with E-state index in [4.69, 9.17) is 23.2 Å². The van der Waals surface area contributed by atoms with Crippen molar-refractivity contribution in [2.75, 3.05) is 0 Å². The number of aromatic nitrogens is 3. The fourth-order valence-electron chi connectivity index (χ4n) is 0.648. The highest BCUT2D eigenvalue weighted by atomic mass is 35.5. The van der Waals surface area contributed by atoms with Gasteiger partial charge in [-0.1, -0.05) is 12.8 Å². The molecule has 0 radical (unpaired) electrons. The number of hydrogen-bond donors (Lipinski definition) is 0. The Kier molecular flexibility index (Phi) is 3.94. The van der Waals surface area contributed by atoms with E-state index in [0.29, 0.717) is 5.82 Å². The summed E-state index contributed by atoms with van der Waals surface area (Å²) >= 11 is 11.1. The lowest BCUT2D eigenvalue weighted by Gasteiger charge is -1.91. The molecular weight excluding hydrogens is 209 g/mol. The zero-order chi connectivity index (χ0) is 9.68. The Hall–Kier alpha value is -0.850. The maximum atomic E-state index is 5.55. The summed E-state index contributed by atoms with van der Waals surface area (Å²) in [7, 11) is 0. The Morgan fingerprint density at radius 3 is 2.31 bits per heavy atom. The zero-order valence-electron chi connectivity index (χ0n) is 7.01. The Balaban J connectivity index is 2.85. The van der Waals surface area contributed by atoms with E-state index in [1.54, 1.807) is 0 Å². The summed E-state index contributed by atoms with van der Waals surface area (Å²) in [6.45, 7) is 2.04.